The zero-order valence-corrected chi connectivity index (χ0v) is 83.7. The molecule has 21 unspecified atom stereocenters. The molecule has 51 atom stereocenters. The number of carbonyl (C=O) groups excluding carboxylic acids is 4. The summed E-state index contributed by atoms with van der Waals surface area (Å²) in [5, 5.41) is 275. The van der Waals surface area contributed by atoms with Gasteiger partial charge in [0, 0.05) is 69.1 Å². The maximum absolute atomic E-state index is 12.1. The summed E-state index contributed by atoms with van der Waals surface area (Å²) in [7, 11) is 0. The van der Waals surface area contributed by atoms with Crippen LogP contribution >= 0.6 is 43.6 Å². The van der Waals surface area contributed by atoms with Crippen LogP contribution in [0.3, 0.4) is 0 Å². The molecule has 10 aliphatic rings. The van der Waals surface area contributed by atoms with Gasteiger partial charge in [0.1, 0.15) is 79.3 Å². The third kappa shape index (κ3) is 35.9. The van der Waals surface area contributed by atoms with Gasteiger partial charge in [0.05, 0.1) is 327 Å². The van der Waals surface area contributed by atoms with Gasteiger partial charge in [-0.15, -0.1) is 0 Å². The molecule has 43 N–H and O–H groups in total. The Morgan fingerprint density at radius 3 is 0.669 bits per heavy atom. The highest BCUT2D eigenvalue weighted by molar-refractivity contribution is 14.2. The molecule has 0 aliphatic carbocycles. The van der Waals surface area contributed by atoms with E-state index in [0.717, 1.165) is 0 Å². The van der Waals surface area contributed by atoms with Crippen molar-refractivity contribution in [3.05, 3.63) is 0 Å². The summed E-state index contributed by atoms with van der Waals surface area (Å²) in [6, 6.07) is -10.6. The van der Waals surface area contributed by atoms with Crippen LogP contribution in [0.4, 0.5) is 0 Å². The summed E-state index contributed by atoms with van der Waals surface area (Å²) in [6.07, 6.45) is -38.3. The number of halogens is 2. The van der Waals surface area contributed by atoms with E-state index in [1.165, 1.54) is 27.7 Å². The first-order valence-electron chi connectivity index (χ1n) is 47.4. The number of aliphatic hydroxyl groups is 26. The molecule has 10 fully saturated rings. The standard InChI is InChI=1S/C32H60N4O18.C28H49N3O16.C22H43N3O13.CH3I2N.2CH4/c1-12(41)36-26-22(11-50-7-14-18(4-39)54-32(47)25(35)28(14)43)52-17(3-38)15(29(26)44)8-49-9-20-23(33)27(42)13(16(2-37)51-20)6-48-10-21-24(34)31(46)30(45)19(5-40)53-21;1-11(35)29-21-19(9-44-8-15-17(5-33)47-28(42)23(25(15)39)31-13(3)37)45-16(4-32)14(24(21)38)7-43-10-20-22(30-12(2)36)27(41)26(40)18(6-34)46-20;23-15-13(6-35-5-9-11(2-27)38-22(33)17(25)19(9)30)36-10(1-26)8(18(15)29)4-34-7-14-16(24)21(32)20(31)12(3-28)37-14;2-1-3-4;;/h13-32,37-40,42-47H,2-11,33-35H2,1H3,(H,36,41);14-28,32-34,38-42H,4-10H2,1-3H3,(H,29,35)(H,30,36)(H,31,37);8-22,26-33H,1-7,23-25H2;4H,1H2;2*1H4/t13-,14-,15-,16?,17?,18?,19?,20+,21+,22+,23?,24?,25?,26?,27-,28-,29-,30-,31+,32-;14-,15-,16?,17?,18?,19+,20+,21?,22?,23?,24-,25-,26-,27+,28-;8-,9-,10?,11?,12?,13+,14+,15?,16?,17?,18-,19-,20-,21+,22-;;;/m111.../s1/i;;;1T;;. The second kappa shape index (κ2) is 65.3. The minimum absolute atomic E-state index is 0. The van der Waals surface area contributed by atoms with Gasteiger partial charge in [0.25, 0.3) is 0 Å². The average Bonchev–Trinajstić information content (AvgIpc) is 0.792. The maximum Gasteiger partial charge on any atom is 0.217 e. The van der Waals surface area contributed by atoms with Crippen LogP contribution in [0, 0.1) is 45.0 Å². The topological polar surface area (TPSA) is 979 Å². The van der Waals surface area contributed by atoms with Gasteiger partial charge in [0.15, 0.2) is 18.9 Å². The largest absolute Gasteiger partial charge is 0.394 e. The van der Waals surface area contributed by atoms with Crippen LogP contribution in [-0.2, 0) is 99.7 Å². The van der Waals surface area contributed by atoms with E-state index in [1.54, 1.807) is 0 Å². The summed E-state index contributed by atoms with van der Waals surface area (Å²) >= 11 is 1.39. The van der Waals surface area contributed by atoms with Crippen molar-refractivity contribution in [1.82, 2.24) is 21.3 Å². The molecule has 0 aromatic carbocycles. The molecule has 0 aromatic heterocycles. The van der Waals surface area contributed by atoms with Crippen molar-refractivity contribution in [2.75, 3.05) is 161 Å². The van der Waals surface area contributed by atoms with Crippen molar-refractivity contribution in [1.29, 1.82) is 3.56 Å². The first kappa shape index (κ1) is 131. The molecule has 0 bridgehead atoms. The number of ether oxygens (including phenoxy) is 17. The van der Waals surface area contributed by atoms with Gasteiger partial charge in [-0.05, 0) is 21.0 Å². The molecule has 854 valence electrons. The Hall–Kier alpha value is -2.82. The second-order valence-corrected chi connectivity index (χ2v) is 41.1. The Labute approximate surface area is 863 Å². The van der Waals surface area contributed by atoms with Crippen LogP contribution in [0.5, 0.6) is 0 Å². The number of aliphatic hydroxyl groups excluding tert-OH is 26. The molecule has 0 aromatic rings. The molecular formula is C85H163I2N11O47. The molecular weight excluding hydrogens is 2180 g/mol. The van der Waals surface area contributed by atoms with E-state index in [1.807, 2.05) is 22.6 Å². The number of rotatable bonds is 43. The SMILES string of the molecule is C.C.CC(=O)NC1[C@H](COC[C@@H]2C(CO)O[C@@H](COC[C@@H]3C(CO)O[C@@H](O)C(NC(C)=O)[C@@H]3O)C(NC(C)=O)[C@@H]2O)OC(CO)[C@@H](O)[C@H]1O.CC(=O)NC1[C@H](COC[C@@H]2C(CO)O[C@@H](O)C(N)[C@@H]2O)OC(CO)[C@@H](COC[C@@H]2OC(CO)[C@@H](COC[C@@H]3OC(CO)[C@@H](O)[C@@H](O)C3N)[C@@H](O)C2N)[C@H]1O.NC1[C@H](COC[C@@H]2C(CO)O[C@@H](COC[C@@H]3C(CO)O[C@@H](O)C(N)[C@@H]3O)C(N)[C@@H]2O)OC(CO)[C@@H](O)[C@H]1O.[3H]C(I)I=N. The van der Waals surface area contributed by atoms with Crippen molar-refractivity contribution in [2.45, 2.75) is 305 Å². The van der Waals surface area contributed by atoms with Gasteiger partial charge in [0.2, 0.25) is 23.6 Å². The Bertz CT molecular complexity index is 3690. The summed E-state index contributed by atoms with van der Waals surface area (Å²) in [5.74, 6) is -7.84. The lowest BCUT2D eigenvalue weighted by Crippen LogP contribution is -2.65. The number of nitrogens with two attached hydrogens (primary N) is 6. The quantitative estimate of drug-likeness (QED) is 0.0199. The van der Waals surface area contributed by atoms with Crippen LogP contribution in [-0.4, -0.2) is 580 Å². The Morgan fingerprint density at radius 2 is 0.428 bits per heavy atom. The first-order chi connectivity index (χ1) is 68.2. The van der Waals surface area contributed by atoms with E-state index in [9.17, 15) is 152 Å². The minimum Gasteiger partial charge on any atom is -0.394 e. The van der Waals surface area contributed by atoms with Crippen molar-refractivity contribution >= 4 is 67.3 Å². The molecule has 58 nitrogen and oxygen atoms in total. The van der Waals surface area contributed by atoms with E-state index < -0.39 is 415 Å². The monoisotopic (exact) mass is 2350 g/mol. The number of carbonyl (C=O) groups is 4. The van der Waals surface area contributed by atoms with Crippen LogP contribution in [0.25, 0.3) is 0 Å². The lowest BCUT2D eigenvalue weighted by atomic mass is 9.85. The molecule has 0 radical (unpaired) electrons. The van der Waals surface area contributed by atoms with Gasteiger partial charge in [-0.1, -0.05) is 37.4 Å². The summed E-state index contributed by atoms with van der Waals surface area (Å²) in [6.45, 7) is -3.14. The highest BCUT2D eigenvalue weighted by atomic mass is 127. The maximum atomic E-state index is 12.1. The second-order valence-electron chi connectivity index (χ2n) is 36.9. The molecule has 60 heteroatoms. The Balaban J connectivity index is 0.000000378. The molecule has 0 saturated carbocycles. The molecule has 145 heavy (non-hydrogen) atoms. The predicted molar refractivity (Wildman–Crippen MR) is 510 cm³/mol. The predicted octanol–water partition coefficient (Wildman–Crippen LogP) is -19.1. The van der Waals surface area contributed by atoms with Gasteiger partial charge in [-0.25, -0.2) is 0 Å². The molecule has 10 aliphatic heterocycles. The van der Waals surface area contributed by atoms with Gasteiger partial charge in [-0.2, -0.15) is 0 Å². The minimum atomic E-state index is -1.58. The summed E-state index contributed by atoms with van der Waals surface area (Å²) in [5.41, 5.74) is 35.9. The van der Waals surface area contributed by atoms with E-state index >= 15 is 0 Å². The van der Waals surface area contributed by atoms with E-state index in [4.69, 9.17) is 120 Å². The Kier molecular flexibility index (Phi) is 58.9. The third-order valence-corrected chi connectivity index (χ3v) is 29.0. The highest BCUT2D eigenvalue weighted by Crippen LogP contribution is 2.37. The number of hydrogen-bond acceptors (Lipinski definition) is 54. The number of nitrogens with one attached hydrogen (secondary N) is 5. The zero-order chi connectivity index (χ0) is 107. The van der Waals surface area contributed by atoms with Crippen LogP contribution in [0.1, 0.15) is 43.9 Å². The first-order valence-corrected chi connectivity index (χ1v) is 50.3. The fraction of sp³-hybridized carbons (Fsp3) is 0.953. The van der Waals surface area contributed by atoms with Crippen molar-refractivity contribution in [2.24, 2.45) is 75.8 Å². The van der Waals surface area contributed by atoms with E-state index in [-0.39, 0.29) is 110 Å². The van der Waals surface area contributed by atoms with Crippen LogP contribution in [0.2, 0.25) is 0 Å². The number of amides is 4. The zero-order valence-electron chi connectivity index (χ0n) is 80.3. The highest BCUT2D eigenvalue weighted by Gasteiger charge is 2.55. The normalized spacial score (nSPS) is 43.5. The van der Waals surface area contributed by atoms with Gasteiger partial charge >= 0.3 is 0 Å². The van der Waals surface area contributed by atoms with Crippen molar-refractivity contribution < 1.29 is 234 Å². The molecule has 10 rings (SSSR count). The van der Waals surface area contributed by atoms with Crippen molar-refractivity contribution in [3.63, 3.8) is 0 Å². The average molecular weight is 2350 g/mol. The number of alkyl halides is 2. The fourth-order valence-corrected chi connectivity index (χ4v) is 18.8. The summed E-state index contributed by atoms with van der Waals surface area (Å²) in [4.78, 5) is 47.5. The van der Waals surface area contributed by atoms with Crippen molar-refractivity contribution in [3.8, 4) is 0 Å². The molecule has 10 heterocycles. The van der Waals surface area contributed by atoms with Gasteiger partial charge < -0.3 is 269 Å². The smallest absolute Gasteiger partial charge is 0.217 e. The lowest BCUT2D eigenvalue weighted by molar-refractivity contribution is -0.248. The van der Waals surface area contributed by atoms with Crippen LogP contribution in [0.15, 0.2) is 0 Å². The lowest BCUT2D eigenvalue weighted by Gasteiger charge is -2.46. The molecule has 4 amide bonds. The van der Waals surface area contributed by atoms with Crippen LogP contribution < -0.4 is 55.7 Å². The number of hydrogen-bond donors (Lipinski definition) is 37. The third-order valence-electron chi connectivity index (χ3n) is 27.2. The fourth-order valence-electron chi connectivity index (χ4n) is 18.8. The molecule has 10 saturated heterocycles. The Morgan fingerprint density at radius 1 is 0.255 bits per heavy atom. The van der Waals surface area contributed by atoms with E-state index in [0.29, 0.717) is 0 Å². The van der Waals surface area contributed by atoms with Gasteiger partial charge in [-0.3, -0.25) is 22.7 Å². The summed E-state index contributed by atoms with van der Waals surface area (Å²) < 4.78 is 110. The van der Waals surface area contributed by atoms with E-state index in [2.05, 4.69) is 21.3 Å². The molecule has 0 spiro atoms.